The van der Waals surface area contributed by atoms with Gasteiger partial charge in [-0.3, -0.25) is 0 Å². The van der Waals surface area contributed by atoms with Crippen LogP contribution in [0.4, 0.5) is 0 Å². The zero-order valence-electron chi connectivity index (χ0n) is 10.2. The minimum atomic E-state index is -1.46. The second kappa shape index (κ2) is 5.59. The summed E-state index contributed by atoms with van der Waals surface area (Å²) in [7, 11) is -2.81. The molecule has 0 rings (SSSR count). The van der Waals surface area contributed by atoms with Gasteiger partial charge in [0.15, 0.2) is 8.32 Å². The Morgan fingerprint density at radius 1 is 0.929 bits per heavy atom. The van der Waals surface area contributed by atoms with Crippen LogP contribution in [0.5, 0.6) is 0 Å². The summed E-state index contributed by atoms with van der Waals surface area (Å²) in [5.74, 6) is 2.97. The second-order valence-electron chi connectivity index (χ2n) is 5.20. The van der Waals surface area contributed by atoms with E-state index in [1.54, 1.807) is 0 Å². The molecule has 14 heavy (non-hydrogen) atoms. The maximum Gasteiger partial charge on any atom is 0.255 e. The first kappa shape index (κ1) is 13.8. The van der Waals surface area contributed by atoms with Crippen LogP contribution < -0.4 is 0 Å². The molecule has 0 saturated heterocycles. The SMILES string of the molecule is C[Si](C)(C)OC#CCCO[Si](C)(C)C. The van der Waals surface area contributed by atoms with E-state index in [4.69, 9.17) is 8.85 Å². The van der Waals surface area contributed by atoms with Crippen LogP contribution in [0.3, 0.4) is 0 Å². The van der Waals surface area contributed by atoms with Gasteiger partial charge < -0.3 is 8.85 Å². The van der Waals surface area contributed by atoms with E-state index in [0.29, 0.717) is 0 Å². The topological polar surface area (TPSA) is 18.5 Å². The Morgan fingerprint density at radius 3 is 1.93 bits per heavy atom. The van der Waals surface area contributed by atoms with Gasteiger partial charge in [-0.1, -0.05) is 5.92 Å². The average molecular weight is 230 g/mol. The first-order valence-electron chi connectivity index (χ1n) is 5.00. The van der Waals surface area contributed by atoms with Crippen molar-refractivity contribution in [2.45, 2.75) is 45.7 Å². The predicted molar refractivity (Wildman–Crippen MR) is 66.1 cm³/mol. The molecule has 0 aliphatic rings. The average Bonchev–Trinajstić information content (AvgIpc) is 1.92. The van der Waals surface area contributed by atoms with Crippen LogP contribution in [0, 0.1) is 12.0 Å². The van der Waals surface area contributed by atoms with Gasteiger partial charge in [0.05, 0.1) is 6.11 Å². The molecule has 0 saturated carbocycles. The molecule has 0 aromatic heterocycles. The van der Waals surface area contributed by atoms with E-state index in [1.165, 1.54) is 0 Å². The van der Waals surface area contributed by atoms with Crippen molar-refractivity contribution >= 4 is 16.6 Å². The van der Waals surface area contributed by atoms with Gasteiger partial charge in [0, 0.05) is 13.0 Å². The van der Waals surface area contributed by atoms with Crippen molar-refractivity contribution in [1.82, 2.24) is 0 Å². The van der Waals surface area contributed by atoms with Crippen molar-refractivity contribution in [3.8, 4) is 12.0 Å². The van der Waals surface area contributed by atoms with Gasteiger partial charge in [-0.15, -0.1) is 0 Å². The lowest BCUT2D eigenvalue weighted by Crippen LogP contribution is -2.25. The Kier molecular flexibility index (Phi) is 5.49. The monoisotopic (exact) mass is 230 g/mol. The first-order chi connectivity index (χ1) is 6.21. The molecule has 0 amide bonds. The Bertz CT molecular complexity index is 215. The molecule has 0 atom stereocenters. The highest BCUT2D eigenvalue weighted by molar-refractivity contribution is 6.70. The van der Waals surface area contributed by atoms with E-state index in [-0.39, 0.29) is 0 Å². The molecule has 0 N–H and O–H groups in total. The third-order valence-corrected chi connectivity index (χ3v) is 2.98. The van der Waals surface area contributed by atoms with E-state index in [9.17, 15) is 0 Å². The highest BCUT2D eigenvalue weighted by Gasteiger charge is 2.14. The van der Waals surface area contributed by atoms with Gasteiger partial charge in [0.1, 0.15) is 0 Å². The van der Waals surface area contributed by atoms with E-state index in [0.717, 1.165) is 13.0 Å². The van der Waals surface area contributed by atoms with Crippen molar-refractivity contribution in [2.24, 2.45) is 0 Å². The van der Waals surface area contributed by atoms with Crippen molar-refractivity contribution in [2.75, 3.05) is 6.61 Å². The van der Waals surface area contributed by atoms with Crippen molar-refractivity contribution in [3.05, 3.63) is 0 Å². The van der Waals surface area contributed by atoms with Crippen molar-refractivity contribution in [1.29, 1.82) is 0 Å². The lowest BCUT2D eigenvalue weighted by atomic mass is 10.5. The Hall–Kier alpha value is -0.246. The summed E-state index contributed by atoms with van der Waals surface area (Å²) in [6, 6.07) is 0. The van der Waals surface area contributed by atoms with Crippen molar-refractivity contribution < 1.29 is 8.85 Å². The van der Waals surface area contributed by atoms with Gasteiger partial charge in [0.25, 0.3) is 8.32 Å². The van der Waals surface area contributed by atoms with Crippen LogP contribution in [-0.2, 0) is 8.85 Å². The first-order valence-corrected chi connectivity index (χ1v) is 11.8. The summed E-state index contributed by atoms with van der Waals surface area (Å²) in [6.07, 6.45) is 3.53. The summed E-state index contributed by atoms with van der Waals surface area (Å²) in [6.45, 7) is 13.6. The second-order valence-corrected chi connectivity index (χ2v) is 14.1. The van der Waals surface area contributed by atoms with E-state index in [1.807, 2.05) is 0 Å². The molecule has 0 heterocycles. The van der Waals surface area contributed by atoms with Gasteiger partial charge in [-0.05, 0) is 39.3 Å². The summed E-state index contributed by atoms with van der Waals surface area (Å²) in [5.41, 5.74) is 0. The predicted octanol–water partition coefficient (Wildman–Crippen LogP) is 3.04. The number of rotatable bonds is 4. The molecule has 2 nitrogen and oxygen atoms in total. The zero-order valence-corrected chi connectivity index (χ0v) is 12.2. The van der Waals surface area contributed by atoms with Crippen LogP contribution in [0.15, 0.2) is 0 Å². The molecule has 0 spiro atoms. The van der Waals surface area contributed by atoms with Gasteiger partial charge >= 0.3 is 0 Å². The van der Waals surface area contributed by atoms with Gasteiger partial charge in [-0.25, -0.2) is 0 Å². The van der Waals surface area contributed by atoms with E-state index >= 15 is 0 Å². The molecule has 0 radical (unpaired) electrons. The van der Waals surface area contributed by atoms with Crippen molar-refractivity contribution in [3.63, 3.8) is 0 Å². The molecule has 0 aliphatic heterocycles. The quantitative estimate of drug-likeness (QED) is 0.420. The normalized spacial score (nSPS) is 11.9. The fraction of sp³-hybridized carbons (Fsp3) is 0.800. The Balaban J connectivity index is 3.55. The summed E-state index contributed by atoms with van der Waals surface area (Å²) in [4.78, 5) is 0. The van der Waals surface area contributed by atoms with E-state index < -0.39 is 16.6 Å². The third kappa shape index (κ3) is 11.8. The lowest BCUT2D eigenvalue weighted by Gasteiger charge is -2.15. The van der Waals surface area contributed by atoms with Crippen LogP contribution in [0.2, 0.25) is 39.3 Å². The minimum Gasteiger partial charge on any atom is -0.501 e. The minimum absolute atomic E-state index is 0.734. The maximum atomic E-state index is 5.65. The molecule has 0 aromatic rings. The highest BCUT2D eigenvalue weighted by Crippen LogP contribution is 2.03. The van der Waals surface area contributed by atoms with Gasteiger partial charge in [0.2, 0.25) is 0 Å². The fourth-order valence-corrected chi connectivity index (χ4v) is 1.74. The zero-order chi connectivity index (χ0) is 11.2. The summed E-state index contributed by atoms with van der Waals surface area (Å²) in [5, 5.41) is 0. The number of hydrogen-bond donors (Lipinski definition) is 0. The van der Waals surface area contributed by atoms with E-state index in [2.05, 4.69) is 51.3 Å². The molecule has 82 valence electrons. The molecule has 0 unspecified atom stereocenters. The molecule has 4 heteroatoms. The molecule has 0 aliphatic carbocycles. The molecule has 0 bridgehead atoms. The summed E-state index contributed by atoms with van der Waals surface area (Å²) < 4.78 is 11.0. The van der Waals surface area contributed by atoms with Crippen LogP contribution >= 0.6 is 0 Å². The van der Waals surface area contributed by atoms with Crippen LogP contribution in [0.1, 0.15) is 6.42 Å². The molecule has 0 fully saturated rings. The lowest BCUT2D eigenvalue weighted by molar-refractivity contribution is 0.320. The molecular weight excluding hydrogens is 208 g/mol. The Labute approximate surface area is 90.3 Å². The van der Waals surface area contributed by atoms with Crippen LogP contribution in [-0.4, -0.2) is 23.2 Å². The van der Waals surface area contributed by atoms with Crippen LogP contribution in [0.25, 0.3) is 0 Å². The maximum absolute atomic E-state index is 5.65. The van der Waals surface area contributed by atoms with Gasteiger partial charge in [-0.2, -0.15) is 0 Å². The smallest absolute Gasteiger partial charge is 0.255 e. The molecule has 0 aromatic carbocycles. The number of hydrogen-bond acceptors (Lipinski definition) is 2. The fourth-order valence-electron chi connectivity index (χ4n) is 0.648. The Morgan fingerprint density at radius 2 is 1.50 bits per heavy atom. The highest BCUT2D eigenvalue weighted by atomic mass is 28.4. The largest absolute Gasteiger partial charge is 0.501 e. The molecular formula is C10H22O2Si2. The summed E-state index contributed by atoms with van der Waals surface area (Å²) >= 11 is 0. The third-order valence-electron chi connectivity index (χ3n) is 1.19. The standard InChI is InChI=1S/C10H22O2Si2/c1-13(2,3)11-9-7-8-10-12-14(4,5)6/h7,9H2,1-6H3.